The van der Waals surface area contributed by atoms with Crippen LogP contribution >= 0.6 is 0 Å². The van der Waals surface area contributed by atoms with Crippen LogP contribution in [0, 0.1) is 23.7 Å². The Balaban J connectivity index is 2.70. The van der Waals surface area contributed by atoms with Crippen LogP contribution in [0.4, 0.5) is 0 Å². The molecule has 1 aliphatic rings. The zero-order chi connectivity index (χ0) is 17.5. The van der Waals surface area contributed by atoms with Gasteiger partial charge in [-0.1, -0.05) is 19.8 Å². The van der Waals surface area contributed by atoms with E-state index in [2.05, 4.69) is 16.7 Å². The van der Waals surface area contributed by atoms with E-state index >= 15 is 0 Å². The maximum atomic E-state index is 12.6. The minimum absolute atomic E-state index is 0.0687. The Morgan fingerprint density at radius 1 is 1.22 bits per heavy atom. The summed E-state index contributed by atoms with van der Waals surface area (Å²) in [5.41, 5.74) is -0.971. The molecule has 1 rings (SSSR count). The van der Waals surface area contributed by atoms with Crippen molar-refractivity contribution in [3.8, 4) is 11.8 Å². The number of ether oxygens (including phenoxy) is 2. The minimum atomic E-state index is -0.971. The quantitative estimate of drug-likeness (QED) is 0.525. The molecule has 23 heavy (non-hydrogen) atoms. The molecule has 5 heteroatoms. The van der Waals surface area contributed by atoms with Crippen molar-refractivity contribution >= 4 is 11.6 Å². The summed E-state index contributed by atoms with van der Waals surface area (Å²) in [6.45, 7) is 10.9. The zero-order valence-electron chi connectivity index (χ0n) is 15.0. The number of Topliss-reactive ketones (excluding diaryl/α,β-unsaturated/α-hetero) is 2. The van der Waals surface area contributed by atoms with Gasteiger partial charge in [0.2, 0.25) is 0 Å². The first-order valence-corrected chi connectivity index (χ1v) is 8.18. The van der Waals surface area contributed by atoms with Gasteiger partial charge in [0.1, 0.15) is 11.4 Å². The first kappa shape index (κ1) is 19.8. The SMILES string of the molecule is COC(C)(C)C(=O)C(CC#CCN1CCOCC1)C(=O)C(C)C. The Morgan fingerprint density at radius 3 is 2.35 bits per heavy atom. The van der Waals surface area contributed by atoms with Gasteiger partial charge in [-0.3, -0.25) is 14.5 Å². The first-order chi connectivity index (χ1) is 10.8. The van der Waals surface area contributed by atoms with Crippen molar-refractivity contribution in [1.29, 1.82) is 0 Å². The van der Waals surface area contributed by atoms with Crippen LogP contribution in [-0.4, -0.2) is 62.0 Å². The molecule has 1 aliphatic heterocycles. The highest BCUT2D eigenvalue weighted by Gasteiger charge is 2.37. The number of hydrogen-bond donors (Lipinski definition) is 0. The molecule has 0 radical (unpaired) electrons. The van der Waals surface area contributed by atoms with Crippen LogP contribution < -0.4 is 0 Å². The third-order valence-corrected chi connectivity index (χ3v) is 4.17. The maximum Gasteiger partial charge on any atom is 0.175 e. The lowest BCUT2D eigenvalue weighted by atomic mass is 9.83. The highest BCUT2D eigenvalue weighted by Crippen LogP contribution is 2.21. The lowest BCUT2D eigenvalue weighted by Crippen LogP contribution is -2.42. The van der Waals surface area contributed by atoms with Crippen molar-refractivity contribution in [2.75, 3.05) is 40.0 Å². The fourth-order valence-corrected chi connectivity index (χ4v) is 2.35. The smallest absolute Gasteiger partial charge is 0.175 e. The average Bonchev–Trinajstić information content (AvgIpc) is 2.54. The summed E-state index contributed by atoms with van der Waals surface area (Å²) in [6, 6.07) is 0. The van der Waals surface area contributed by atoms with E-state index in [1.807, 2.05) is 13.8 Å². The molecule has 0 amide bonds. The molecular formula is C18H29NO4. The van der Waals surface area contributed by atoms with Gasteiger partial charge in [0.05, 0.1) is 25.7 Å². The normalized spacial score (nSPS) is 17.5. The summed E-state index contributed by atoms with van der Waals surface area (Å²) in [4.78, 5) is 27.2. The highest BCUT2D eigenvalue weighted by molar-refractivity contribution is 6.06. The van der Waals surface area contributed by atoms with Gasteiger partial charge in [-0.15, -0.1) is 5.92 Å². The van der Waals surface area contributed by atoms with Crippen LogP contribution in [0.1, 0.15) is 34.1 Å². The molecule has 1 unspecified atom stereocenters. The van der Waals surface area contributed by atoms with Crippen LogP contribution in [0.5, 0.6) is 0 Å². The first-order valence-electron chi connectivity index (χ1n) is 8.18. The van der Waals surface area contributed by atoms with Gasteiger partial charge < -0.3 is 9.47 Å². The molecule has 0 aromatic heterocycles. The summed E-state index contributed by atoms with van der Waals surface area (Å²) in [5, 5.41) is 0. The van der Waals surface area contributed by atoms with Crippen LogP contribution in [0.3, 0.4) is 0 Å². The molecule has 0 spiro atoms. The fourth-order valence-electron chi connectivity index (χ4n) is 2.35. The number of rotatable bonds is 7. The Kier molecular flexibility index (Phi) is 7.90. The number of methoxy groups -OCH3 is 1. The van der Waals surface area contributed by atoms with Gasteiger partial charge in [0, 0.05) is 32.5 Å². The monoisotopic (exact) mass is 323 g/mol. The summed E-state index contributed by atoms with van der Waals surface area (Å²) >= 11 is 0. The van der Waals surface area contributed by atoms with Gasteiger partial charge >= 0.3 is 0 Å². The van der Waals surface area contributed by atoms with Crippen LogP contribution in [-0.2, 0) is 19.1 Å². The summed E-state index contributed by atoms with van der Waals surface area (Å²) in [6.07, 6.45) is 0.257. The second kappa shape index (κ2) is 9.17. The molecule has 0 aliphatic carbocycles. The third-order valence-electron chi connectivity index (χ3n) is 4.17. The molecule has 0 aromatic rings. The minimum Gasteiger partial charge on any atom is -0.379 e. The zero-order valence-corrected chi connectivity index (χ0v) is 15.0. The Morgan fingerprint density at radius 2 is 1.83 bits per heavy atom. The van der Waals surface area contributed by atoms with Crippen molar-refractivity contribution in [3.63, 3.8) is 0 Å². The van der Waals surface area contributed by atoms with Crippen LogP contribution in [0.25, 0.3) is 0 Å². The molecule has 0 bridgehead atoms. The molecule has 1 atom stereocenters. The summed E-state index contributed by atoms with van der Waals surface area (Å²) < 4.78 is 10.5. The predicted molar refractivity (Wildman–Crippen MR) is 89.1 cm³/mol. The van der Waals surface area contributed by atoms with Crippen molar-refractivity contribution in [2.45, 2.75) is 39.7 Å². The van der Waals surface area contributed by atoms with E-state index < -0.39 is 11.5 Å². The maximum absolute atomic E-state index is 12.6. The largest absolute Gasteiger partial charge is 0.379 e. The Bertz CT molecular complexity index is 467. The standard InChI is InChI=1S/C18H29NO4/c1-14(2)16(20)15(17(21)18(3,4)22-5)8-6-7-9-19-10-12-23-13-11-19/h14-15H,8-13H2,1-5H3. The van der Waals surface area contributed by atoms with Crippen molar-refractivity contribution < 1.29 is 19.1 Å². The van der Waals surface area contributed by atoms with Crippen LogP contribution in [0.2, 0.25) is 0 Å². The van der Waals surface area contributed by atoms with E-state index in [-0.39, 0.29) is 23.9 Å². The average molecular weight is 323 g/mol. The summed E-state index contributed by atoms with van der Waals surface area (Å²) in [7, 11) is 1.49. The number of ketones is 2. The molecular weight excluding hydrogens is 294 g/mol. The molecule has 5 nitrogen and oxygen atoms in total. The second-order valence-corrected chi connectivity index (χ2v) is 6.63. The second-order valence-electron chi connectivity index (χ2n) is 6.63. The lowest BCUT2D eigenvalue weighted by molar-refractivity contribution is -0.146. The lowest BCUT2D eigenvalue weighted by Gasteiger charge is -2.26. The van der Waals surface area contributed by atoms with Crippen LogP contribution in [0.15, 0.2) is 0 Å². The third kappa shape index (κ3) is 6.06. The van der Waals surface area contributed by atoms with E-state index in [1.54, 1.807) is 13.8 Å². The molecule has 0 saturated carbocycles. The topological polar surface area (TPSA) is 55.8 Å². The van der Waals surface area contributed by atoms with Gasteiger partial charge in [-0.2, -0.15) is 0 Å². The van der Waals surface area contributed by atoms with E-state index in [9.17, 15) is 9.59 Å². The predicted octanol–water partition coefficient (Wildman–Crippen LogP) is 1.55. The molecule has 0 aromatic carbocycles. The fraction of sp³-hybridized carbons (Fsp3) is 0.778. The Hall–Kier alpha value is -1.22. The van der Waals surface area contributed by atoms with Gasteiger partial charge in [0.25, 0.3) is 0 Å². The van der Waals surface area contributed by atoms with Gasteiger partial charge in [-0.25, -0.2) is 0 Å². The Labute approximate surface area is 139 Å². The number of hydrogen-bond acceptors (Lipinski definition) is 5. The van der Waals surface area contributed by atoms with Crippen molar-refractivity contribution in [3.05, 3.63) is 0 Å². The number of carbonyl (C=O) groups excluding carboxylic acids is 2. The van der Waals surface area contributed by atoms with E-state index in [1.165, 1.54) is 7.11 Å². The van der Waals surface area contributed by atoms with Crippen molar-refractivity contribution in [2.24, 2.45) is 11.8 Å². The van der Waals surface area contributed by atoms with Gasteiger partial charge in [0.15, 0.2) is 5.78 Å². The molecule has 1 fully saturated rings. The van der Waals surface area contributed by atoms with E-state index in [0.717, 1.165) is 26.3 Å². The molecule has 1 saturated heterocycles. The molecule has 130 valence electrons. The number of nitrogens with zero attached hydrogens (tertiary/aromatic N) is 1. The highest BCUT2D eigenvalue weighted by atomic mass is 16.5. The van der Waals surface area contributed by atoms with Gasteiger partial charge in [-0.05, 0) is 13.8 Å². The number of morpholine rings is 1. The summed E-state index contributed by atoms with van der Waals surface area (Å²) in [5.74, 6) is 4.91. The molecule has 1 heterocycles. The van der Waals surface area contributed by atoms with E-state index in [0.29, 0.717) is 6.54 Å². The van der Waals surface area contributed by atoms with Crippen molar-refractivity contribution in [1.82, 2.24) is 4.90 Å². The van der Waals surface area contributed by atoms with E-state index in [4.69, 9.17) is 9.47 Å². The number of carbonyl (C=O) groups is 2. The molecule has 0 N–H and O–H groups in total.